The van der Waals surface area contributed by atoms with Gasteiger partial charge in [-0.2, -0.15) is 5.10 Å². The number of nitro groups is 1. The molecule has 11 heteroatoms. The summed E-state index contributed by atoms with van der Waals surface area (Å²) in [5.41, 5.74) is 2.84. The van der Waals surface area contributed by atoms with Crippen LogP contribution in [0.1, 0.15) is 5.56 Å². The minimum atomic E-state index is -3.75. The second-order valence-corrected chi connectivity index (χ2v) is 7.68. The molecule has 0 spiro atoms. The van der Waals surface area contributed by atoms with Crippen molar-refractivity contribution in [3.63, 3.8) is 0 Å². The summed E-state index contributed by atoms with van der Waals surface area (Å²) in [5.74, 6) is -0.682. The second-order valence-electron chi connectivity index (χ2n) is 5.36. The van der Waals surface area contributed by atoms with Crippen molar-refractivity contribution in [1.29, 1.82) is 0 Å². The second kappa shape index (κ2) is 8.60. The predicted octanol–water partition coefficient (Wildman–Crippen LogP) is 2.16. The highest BCUT2D eigenvalue weighted by atomic mass is 35.5. The summed E-state index contributed by atoms with van der Waals surface area (Å²) in [6, 6.07) is 11.8. The van der Waals surface area contributed by atoms with Crippen molar-refractivity contribution in [3.05, 3.63) is 69.2 Å². The first-order chi connectivity index (χ1) is 12.7. The number of hydrazone groups is 1. The summed E-state index contributed by atoms with van der Waals surface area (Å²) in [6.07, 6.45) is 2.24. The van der Waals surface area contributed by atoms with Gasteiger partial charge in [0.05, 0.1) is 28.1 Å². The van der Waals surface area contributed by atoms with Gasteiger partial charge in [0, 0.05) is 12.1 Å². The molecule has 0 aliphatic rings. The molecule has 2 rings (SSSR count). The van der Waals surface area contributed by atoms with Crippen LogP contribution in [0.15, 0.2) is 53.6 Å². The van der Waals surface area contributed by atoms with Crippen LogP contribution >= 0.6 is 11.6 Å². The maximum Gasteiger partial charge on any atom is 0.269 e. The van der Waals surface area contributed by atoms with Crippen molar-refractivity contribution in [2.75, 3.05) is 17.1 Å². The molecule has 0 aliphatic carbocycles. The standard InChI is InChI=1S/C16H15ClN4O5S/c1-27(25,26)20(15-5-3-2-4-14(15)17)11-16(22)19-18-10-12-6-8-13(9-7-12)21(23)24/h2-10H,11H2,1H3,(H,19,22)/b18-10-. The van der Waals surface area contributed by atoms with Gasteiger partial charge in [0.2, 0.25) is 10.0 Å². The normalized spacial score (nSPS) is 11.3. The molecule has 1 amide bonds. The number of non-ortho nitro benzene ring substituents is 1. The fraction of sp³-hybridized carbons (Fsp3) is 0.125. The van der Waals surface area contributed by atoms with E-state index >= 15 is 0 Å². The van der Waals surface area contributed by atoms with E-state index in [0.29, 0.717) is 5.56 Å². The van der Waals surface area contributed by atoms with Gasteiger partial charge < -0.3 is 0 Å². The zero-order chi connectivity index (χ0) is 20.0. The number of nitrogens with one attached hydrogen (secondary N) is 1. The van der Waals surface area contributed by atoms with Crippen LogP contribution in [0.2, 0.25) is 5.02 Å². The van der Waals surface area contributed by atoms with Crippen LogP contribution in [-0.2, 0) is 14.8 Å². The zero-order valence-electron chi connectivity index (χ0n) is 14.1. The van der Waals surface area contributed by atoms with Crippen LogP contribution < -0.4 is 9.73 Å². The number of benzene rings is 2. The fourth-order valence-corrected chi connectivity index (χ4v) is 3.22. The Kier molecular flexibility index (Phi) is 6.48. The Bertz CT molecular complexity index is 977. The van der Waals surface area contributed by atoms with Gasteiger partial charge in [-0.15, -0.1) is 0 Å². The lowest BCUT2D eigenvalue weighted by molar-refractivity contribution is -0.384. The fourth-order valence-electron chi connectivity index (χ4n) is 2.06. The summed E-state index contributed by atoms with van der Waals surface area (Å²) >= 11 is 6.01. The van der Waals surface area contributed by atoms with Gasteiger partial charge in [-0.05, 0) is 29.8 Å². The Morgan fingerprint density at radius 3 is 2.44 bits per heavy atom. The third-order valence-electron chi connectivity index (χ3n) is 3.32. The number of carbonyl (C=O) groups excluding carboxylic acids is 1. The first-order valence-corrected chi connectivity index (χ1v) is 9.69. The Morgan fingerprint density at radius 2 is 1.89 bits per heavy atom. The minimum absolute atomic E-state index is 0.0697. The molecule has 0 atom stereocenters. The summed E-state index contributed by atoms with van der Waals surface area (Å²) in [6.45, 7) is -0.514. The molecule has 27 heavy (non-hydrogen) atoms. The van der Waals surface area contributed by atoms with E-state index in [1.54, 1.807) is 12.1 Å². The molecule has 0 aromatic heterocycles. The lowest BCUT2D eigenvalue weighted by Gasteiger charge is -2.22. The molecule has 2 aromatic rings. The molecule has 0 unspecified atom stereocenters. The van der Waals surface area contributed by atoms with Crippen molar-refractivity contribution >= 4 is 45.1 Å². The summed E-state index contributed by atoms with van der Waals surface area (Å²) < 4.78 is 24.9. The minimum Gasteiger partial charge on any atom is -0.271 e. The van der Waals surface area contributed by atoms with E-state index in [-0.39, 0.29) is 16.4 Å². The Morgan fingerprint density at radius 1 is 1.26 bits per heavy atom. The van der Waals surface area contributed by atoms with Gasteiger partial charge in [-0.25, -0.2) is 13.8 Å². The molecule has 0 heterocycles. The number of hydrogen-bond acceptors (Lipinski definition) is 6. The van der Waals surface area contributed by atoms with Crippen LogP contribution in [-0.4, -0.2) is 38.3 Å². The predicted molar refractivity (Wildman–Crippen MR) is 102 cm³/mol. The van der Waals surface area contributed by atoms with E-state index in [1.165, 1.54) is 42.6 Å². The molecule has 0 radical (unpaired) electrons. The number of halogens is 1. The van der Waals surface area contributed by atoms with Crippen LogP contribution in [0.4, 0.5) is 11.4 Å². The molecule has 142 valence electrons. The van der Waals surface area contributed by atoms with E-state index < -0.39 is 27.4 Å². The van der Waals surface area contributed by atoms with Gasteiger partial charge in [0.15, 0.2) is 0 Å². The van der Waals surface area contributed by atoms with Crippen molar-refractivity contribution in [2.45, 2.75) is 0 Å². The molecule has 1 N–H and O–H groups in total. The van der Waals surface area contributed by atoms with Crippen molar-refractivity contribution < 1.29 is 18.1 Å². The monoisotopic (exact) mass is 410 g/mol. The van der Waals surface area contributed by atoms with Crippen LogP contribution in [0.25, 0.3) is 0 Å². The van der Waals surface area contributed by atoms with Crippen LogP contribution in [0, 0.1) is 10.1 Å². The molecular weight excluding hydrogens is 396 g/mol. The summed E-state index contributed by atoms with van der Waals surface area (Å²) in [7, 11) is -3.75. The molecule has 0 saturated heterocycles. The Balaban J connectivity index is 2.06. The van der Waals surface area contributed by atoms with Gasteiger partial charge in [-0.3, -0.25) is 19.2 Å². The number of sulfonamides is 1. The number of hydrogen-bond donors (Lipinski definition) is 1. The molecule has 0 fully saturated rings. The number of para-hydroxylation sites is 1. The highest BCUT2D eigenvalue weighted by molar-refractivity contribution is 7.92. The topological polar surface area (TPSA) is 122 Å². The number of amides is 1. The number of carbonyl (C=O) groups is 1. The van der Waals surface area contributed by atoms with Gasteiger partial charge in [0.25, 0.3) is 11.6 Å². The lowest BCUT2D eigenvalue weighted by Crippen LogP contribution is -2.39. The largest absolute Gasteiger partial charge is 0.271 e. The smallest absolute Gasteiger partial charge is 0.269 e. The highest BCUT2D eigenvalue weighted by Crippen LogP contribution is 2.26. The third-order valence-corrected chi connectivity index (χ3v) is 4.76. The molecule has 9 nitrogen and oxygen atoms in total. The van der Waals surface area contributed by atoms with Crippen LogP contribution in [0.5, 0.6) is 0 Å². The van der Waals surface area contributed by atoms with E-state index in [1.807, 2.05) is 0 Å². The van der Waals surface area contributed by atoms with Gasteiger partial charge in [-0.1, -0.05) is 23.7 Å². The zero-order valence-corrected chi connectivity index (χ0v) is 15.6. The van der Waals surface area contributed by atoms with E-state index in [4.69, 9.17) is 11.6 Å². The average Bonchev–Trinajstić information content (AvgIpc) is 2.60. The first-order valence-electron chi connectivity index (χ1n) is 7.47. The SMILES string of the molecule is CS(=O)(=O)N(CC(=O)N/N=C\c1ccc([N+](=O)[O-])cc1)c1ccccc1Cl. The van der Waals surface area contributed by atoms with E-state index in [0.717, 1.165) is 10.6 Å². The van der Waals surface area contributed by atoms with E-state index in [2.05, 4.69) is 10.5 Å². The van der Waals surface area contributed by atoms with Crippen molar-refractivity contribution in [2.24, 2.45) is 5.10 Å². The molecule has 0 saturated carbocycles. The lowest BCUT2D eigenvalue weighted by atomic mass is 10.2. The van der Waals surface area contributed by atoms with Crippen LogP contribution in [0.3, 0.4) is 0 Å². The van der Waals surface area contributed by atoms with Gasteiger partial charge in [0.1, 0.15) is 6.54 Å². The van der Waals surface area contributed by atoms with Gasteiger partial charge >= 0.3 is 0 Å². The third kappa shape index (κ3) is 5.76. The highest BCUT2D eigenvalue weighted by Gasteiger charge is 2.22. The Labute approximate surface area is 160 Å². The van der Waals surface area contributed by atoms with E-state index in [9.17, 15) is 23.3 Å². The number of anilines is 1. The average molecular weight is 411 g/mol. The molecule has 0 aliphatic heterocycles. The summed E-state index contributed by atoms with van der Waals surface area (Å²) in [5, 5.41) is 14.5. The number of nitrogens with zero attached hydrogens (tertiary/aromatic N) is 3. The number of rotatable bonds is 7. The first kappa shape index (κ1) is 20.3. The quantitative estimate of drug-likeness (QED) is 0.425. The molecule has 0 bridgehead atoms. The summed E-state index contributed by atoms with van der Waals surface area (Å²) in [4.78, 5) is 22.1. The molecule has 2 aromatic carbocycles. The van der Waals surface area contributed by atoms with Crippen molar-refractivity contribution in [1.82, 2.24) is 5.43 Å². The molecular formula is C16H15ClN4O5S. The Hall–Kier alpha value is -2.98. The van der Waals surface area contributed by atoms with Crippen molar-refractivity contribution in [3.8, 4) is 0 Å². The maximum absolute atomic E-state index is 12.1. The maximum atomic E-state index is 12.1. The number of nitro benzene ring substituents is 1.